The number of nitrogens with one attached hydrogen (secondary N) is 1. The van der Waals surface area contributed by atoms with Crippen LogP contribution < -0.4 is 5.32 Å². The number of benzene rings is 1. The van der Waals surface area contributed by atoms with Gasteiger partial charge in [-0.1, -0.05) is 6.07 Å². The number of carboxylic acid groups (broad SMARTS) is 2. The highest BCUT2D eigenvalue weighted by atomic mass is 16.4. The van der Waals surface area contributed by atoms with E-state index in [1.54, 1.807) is 0 Å². The van der Waals surface area contributed by atoms with Crippen molar-refractivity contribution >= 4 is 11.9 Å². The molecule has 0 saturated carbocycles. The van der Waals surface area contributed by atoms with Gasteiger partial charge in [0.1, 0.15) is 0 Å². The van der Waals surface area contributed by atoms with E-state index in [9.17, 15) is 9.59 Å². The van der Waals surface area contributed by atoms with Gasteiger partial charge in [-0.2, -0.15) is 0 Å². The fraction of sp³-hybridized carbons (Fsp3) is 0.556. The van der Waals surface area contributed by atoms with Crippen molar-refractivity contribution in [1.29, 1.82) is 0 Å². The Labute approximate surface area is 142 Å². The predicted molar refractivity (Wildman–Crippen MR) is 91.8 cm³/mol. The maximum Gasteiger partial charge on any atom is 0.335 e. The molecule has 3 N–H and O–H groups in total. The van der Waals surface area contributed by atoms with Gasteiger partial charge in [0.05, 0.1) is 11.1 Å². The Balaban J connectivity index is 0.000000175. The Morgan fingerprint density at radius 2 is 1.54 bits per heavy atom. The number of rotatable bonds is 3. The van der Waals surface area contributed by atoms with Crippen molar-refractivity contribution in [2.45, 2.75) is 38.6 Å². The summed E-state index contributed by atoms with van der Waals surface area (Å²) in [5, 5.41) is 20.8. The lowest BCUT2D eigenvalue weighted by atomic mass is 10.0. The molecule has 2 aliphatic heterocycles. The molecule has 24 heavy (non-hydrogen) atoms. The topological polar surface area (TPSA) is 89.9 Å². The van der Waals surface area contributed by atoms with Crippen LogP contribution in [0.4, 0.5) is 0 Å². The zero-order valence-electron chi connectivity index (χ0n) is 14.1. The highest BCUT2D eigenvalue weighted by Gasteiger charge is 2.22. The van der Waals surface area contributed by atoms with Crippen LogP contribution in [0.1, 0.15) is 52.0 Å². The van der Waals surface area contributed by atoms with E-state index in [0.717, 1.165) is 6.04 Å². The summed E-state index contributed by atoms with van der Waals surface area (Å²) in [5.74, 6) is -2.22. The summed E-state index contributed by atoms with van der Waals surface area (Å²) in [4.78, 5) is 23.9. The van der Waals surface area contributed by atoms with Crippen LogP contribution >= 0.6 is 0 Å². The Morgan fingerprint density at radius 3 is 2.00 bits per heavy atom. The molecule has 0 bridgehead atoms. The lowest BCUT2D eigenvalue weighted by molar-refractivity contribution is 0.0696. The highest BCUT2D eigenvalue weighted by molar-refractivity contribution is 5.96. The van der Waals surface area contributed by atoms with Gasteiger partial charge < -0.3 is 20.4 Å². The molecular formula is C18H26N2O4. The molecule has 0 amide bonds. The lowest BCUT2D eigenvalue weighted by Crippen LogP contribution is -2.41. The molecule has 132 valence electrons. The smallest absolute Gasteiger partial charge is 0.335 e. The Bertz CT molecular complexity index is 544. The summed E-state index contributed by atoms with van der Waals surface area (Å²) in [7, 11) is 0. The summed E-state index contributed by atoms with van der Waals surface area (Å²) in [6.45, 7) is 6.69. The van der Waals surface area contributed by atoms with Crippen molar-refractivity contribution in [2.75, 3.05) is 26.2 Å². The summed E-state index contributed by atoms with van der Waals surface area (Å²) in [6.07, 6.45) is 5.62. The molecule has 0 unspecified atom stereocenters. The molecule has 2 aliphatic rings. The van der Waals surface area contributed by atoms with Gasteiger partial charge in [0.25, 0.3) is 0 Å². The fourth-order valence-electron chi connectivity index (χ4n) is 3.38. The van der Waals surface area contributed by atoms with E-state index in [1.807, 2.05) is 0 Å². The molecule has 2 heterocycles. The Kier molecular flexibility index (Phi) is 6.75. The third-order valence-electron chi connectivity index (χ3n) is 4.76. The molecule has 1 aromatic carbocycles. The molecule has 0 aliphatic carbocycles. The van der Waals surface area contributed by atoms with E-state index in [0.29, 0.717) is 0 Å². The highest BCUT2D eigenvalue weighted by Crippen LogP contribution is 2.17. The van der Waals surface area contributed by atoms with Crippen molar-refractivity contribution in [2.24, 2.45) is 0 Å². The van der Waals surface area contributed by atoms with Gasteiger partial charge in [0, 0.05) is 6.04 Å². The van der Waals surface area contributed by atoms with Crippen LogP contribution in [-0.2, 0) is 0 Å². The molecule has 6 heteroatoms. The number of hydrogen-bond donors (Lipinski definition) is 3. The van der Waals surface area contributed by atoms with Gasteiger partial charge in [-0.3, -0.25) is 0 Å². The zero-order chi connectivity index (χ0) is 17.5. The Hall–Kier alpha value is -1.92. The fourth-order valence-corrected chi connectivity index (χ4v) is 3.38. The van der Waals surface area contributed by atoms with E-state index in [1.165, 1.54) is 77.0 Å². The third-order valence-corrected chi connectivity index (χ3v) is 4.76. The summed E-state index contributed by atoms with van der Waals surface area (Å²) < 4.78 is 0. The Morgan fingerprint density at radius 1 is 1.04 bits per heavy atom. The van der Waals surface area contributed by atoms with Crippen LogP contribution in [0.3, 0.4) is 0 Å². The maximum absolute atomic E-state index is 10.6. The molecular weight excluding hydrogens is 308 g/mol. The molecule has 0 radical (unpaired) electrons. The van der Waals surface area contributed by atoms with Gasteiger partial charge in [-0.05, 0) is 76.5 Å². The molecule has 0 spiro atoms. The van der Waals surface area contributed by atoms with Crippen molar-refractivity contribution in [1.82, 2.24) is 10.2 Å². The van der Waals surface area contributed by atoms with E-state index < -0.39 is 11.9 Å². The van der Waals surface area contributed by atoms with Crippen LogP contribution in [-0.4, -0.2) is 59.3 Å². The van der Waals surface area contributed by atoms with Gasteiger partial charge in [0.15, 0.2) is 0 Å². The van der Waals surface area contributed by atoms with Gasteiger partial charge >= 0.3 is 11.9 Å². The molecule has 3 rings (SSSR count). The zero-order valence-corrected chi connectivity index (χ0v) is 14.1. The number of piperidine rings is 1. The van der Waals surface area contributed by atoms with Crippen LogP contribution in [0.15, 0.2) is 18.2 Å². The van der Waals surface area contributed by atoms with Gasteiger partial charge in [0.2, 0.25) is 0 Å². The number of nitrogens with zero attached hydrogens (tertiary/aromatic N) is 1. The number of hydrogen-bond acceptors (Lipinski definition) is 4. The average Bonchev–Trinajstić information content (AvgIpc) is 3.10. The first-order valence-electron chi connectivity index (χ1n) is 8.51. The third kappa shape index (κ3) is 4.79. The van der Waals surface area contributed by atoms with Crippen LogP contribution in [0, 0.1) is 6.92 Å². The van der Waals surface area contributed by atoms with Crippen molar-refractivity contribution in [3.8, 4) is 0 Å². The first kappa shape index (κ1) is 18.4. The summed E-state index contributed by atoms with van der Waals surface area (Å²) in [6, 6.07) is 5.09. The summed E-state index contributed by atoms with van der Waals surface area (Å²) >= 11 is 0. The van der Waals surface area contributed by atoms with E-state index in [2.05, 4.69) is 10.2 Å². The quantitative estimate of drug-likeness (QED) is 0.785. The second kappa shape index (κ2) is 8.80. The SMILES string of the molecule is C1CCN(C2CCNCC2)C1.Cc1c(C(=O)O)cccc1C(=O)O. The predicted octanol–water partition coefficient (Wildman–Crippen LogP) is 2.23. The monoisotopic (exact) mass is 334 g/mol. The number of aromatic carboxylic acids is 2. The second-order valence-corrected chi connectivity index (χ2v) is 6.31. The molecule has 2 saturated heterocycles. The number of carboxylic acids is 2. The van der Waals surface area contributed by atoms with Crippen LogP contribution in [0.5, 0.6) is 0 Å². The summed E-state index contributed by atoms with van der Waals surface area (Å²) in [5.41, 5.74) is 0.335. The standard InChI is InChI=1S/C9H18N2.C9H8O4/c1-2-8-11(7-1)9-3-5-10-6-4-9;1-5-6(8(10)11)3-2-4-7(5)9(12)13/h9-10H,1-8H2;2-4H,1H3,(H,10,11)(H,12,13). The first-order valence-corrected chi connectivity index (χ1v) is 8.51. The minimum absolute atomic E-state index is 0.0277. The normalized spacial score (nSPS) is 18.7. The maximum atomic E-state index is 10.6. The second-order valence-electron chi connectivity index (χ2n) is 6.31. The molecule has 0 atom stereocenters. The van der Waals surface area contributed by atoms with Crippen molar-refractivity contribution in [3.63, 3.8) is 0 Å². The van der Waals surface area contributed by atoms with Crippen molar-refractivity contribution < 1.29 is 19.8 Å². The molecule has 1 aromatic rings. The lowest BCUT2D eigenvalue weighted by Gasteiger charge is -2.31. The molecule has 6 nitrogen and oxygen atoms in total. The van der Waals surface area contributed by atoms with E-state index >= 15 is 0 Å². The minimum Gasteiger partial charge on any atom is -0.478 e. The van der Waals surface area contributed by atoms with Crippen molar-refractivity contribution in [3.05, 3.63) is 34.9 Å². The van der Waals surface area contributed by atoms with Gasteiger partial charge in [-0.25, -0.2) is 9.59 Å². The molecule has 0 aromatic heterocycles. The number of likely N-dealkylation sites (tertiary alicyclic amines) is 1. The number of carbonyl (C=O) groups is 2. The van der Waals surface area contributed by atoms with E-state index in [-0.39, 0.29) is 16.7 Å². The first-order chi connectivity index (χ1) is 11.5. The molecule has 2 fully saturated rings. The van der Waals surface area contributed by atoms with Gasteiger partial charge in [-0.15, -0.1) is 0 Å². The van der Waals surface area contributed by atoms with E-state index in [4.69, 9.17) is 10.2 Å². The van der Waals surface area contributed by atoms with Crippen LogP contribution in [0.2, 0.25) is 0 Å². The minimum atomic E-state index is -1.11. The van der Waals surface area contributed by atoms with Crippen LogP contribution in [0.25, 0.3) is 0 Å². The largest absolute Gasteiger partial charge is 0.478 e. The average molecular weight is 334 g/mol.